The highest BCUT2D eigenvalue weighted by Gasteiger charge is 2.29. The van der Waals surface area contributed by atoms with Crippen LogP contribution < -0.4 is 15.0 Å². The van der Waals surface area contributed by atoms with Gasteiger partial charge < -0.3 is 29.3 Å². The van der Waals surface area contributed by atoms with E-state index in [-0.39, 0.29) is 24.0 Å². The molecule has 2 amide bonds. The molecule has 0 saturated carbocycles. The molecule has 3 aromatic rings. The number of carbonyl (C=O) groups excluding carboxylic acids is 2. The Morgan fingerprint density at radius 1 is 0.975 bits per heavy atom. The SMILES string of the molecule is Cc1ccc(N2CC(N(C)C)C2)cc1C(=O)N[C@H](C)c1cc(OC(C)C)cc(-c2cc(C(=O)N(C)C)n(C)c2)c1. The molecule has 1 aliphatic heterocycles. The highest BCUT2D eigenvalue weighted by molar-refractivity contribution is 5.97. The van der Waals surface area contributed by atoms with Crippen molar-refractivity contribution < 1.29 is 14.3 Å². The van der Waals surface area contributed by atoms with Gasteiger partial charge in [-0.15, -0.1) is 0 Å². The van der Waals surface area contributed by atoms with Gasteiger partial charge in [0.2, 0.25) is 0 Å². The van der Waals surface area contributed by atoms with Crippen LogP contribution in [0.1, 0.15) is 58.8 Å². The molecule has 214 valence electrons. The Labute approximate surface area is 238 Å². The number of rotatable bonds is 9. The first-order valence-corrected chi connectivity index (χ1v) is 13.9. The number of likely N-dealkylation sites (N-methyl/N-ethyl adjacent to an activating group) is 1. The van der Waals surface area contributed by atoms with Crippen molar-refractivity contribution in [2.75, 3.05) is 46.2 Å². The van der Waals surface area contributed by atoms with Crippen molar-refractivity contribution in [3.8, 4) is 16.9 Å². The Hall–Kier alpha value is -3.78. The predicted molar refractivity (Wildman–Crippen MR) is 161 cm³/mol. The maximum atomic E-state index is 13.5. The molecule has 8 nitrogen and oxygen atoms in total. The largest absolute Gasteiger partial charge is 0.491 e. The van der Waals surface area contributed by atoms with Gasteiger partial charge >= 0.3 is 0 Å². The van der Waals surface area contributed by atoms with Crippen molar-refractivity contribution in [1.82, 2.24) is 19.7 Å². The summed E-state index contributed by atoms with van der Waals surface area (Å²) >= 11 is 0. The number of benzene rings is 2. The van der Waals surface area contributed by atoms with E-state index in [4.69, 9.17) is 4.74 Å². The molecule has 1 saturated heterocycles. The number of hydrogen-bond acceptors (Lipinski definition) is 5. The summed E-state index contributed by atoms with van der Waals surface area (Å²) in [5.41, 5.74) is 6.07. The van der Waals surface area contributed by atoms with E-state index in [0.29, 0.717) is 17.3 Å². The van der Waals surface area contributed by atoms with Crippen LogP contribution in [0.2, 0.25) is 0 Å². The lowest BCUT2D eigenvalue weighted by atomic mass is 9.99. The van der Waals surface area contributed by atoms with Gasteiger partial charge in [0.1, 0.15) is 11.4 Å². The molecule has 1 atom stereocenters. The summed E-state index contributed by atoms with van der Waals surface area (Å²) in [5, 5.41) is 3.20. The number of aryl methyl sites for hydroxylation is 2. The molecule has 8 heteroatoms. The van der Waals surface area contributed by atoms with Crippen molar-refractivity contribution >= 4 is 17.5 Å². The molecule has 1 aromatic heterocycles. The van der Waals surface area contributed by atoms with Crippen molar-refractivity contribution in [3.05, 3.63) is 71.0 Å². The lowest BCUT2D eigenvalue weighted by Gasteiger charge is -2.44. The van der Waals surface area contributed by atoms with E-state index in [2.05, 4.69) is 41.3 Å². The first-order chi connectivity index (χ1) is 18.8. The molecule has 1 aliphatic rings. The highest BCUT2D eigenvalue weighted by Crippen LogP contribution is 2.31. The zero-order valence-electron chi connectivity index (χ0n) is 25.3. The average Bonchev–Trinajstić information content (AvgIpc) is 3.24. The van der Waals surface area contributed by atoms with Crippen molar-refractivity contribution in [2.45, 2.75) is 45.9 Å². The fourth-order valence-corrected chi connectivity index (χ4v) is 4.94. The fourth-order valence-electron chi connectivity index (χ4n) is 4.94. The minimum atomic E-state index is -0.265. The number of hydrogen-bond donors (Lipinski definition) is 1. The standard InChI is InChI=1S/C32H43N5O3/c1-20(2)40-28-13-23(12-24(14-28)25-15-30(36(9)17-25)32(39)35(7)8)22(4)33-31(38)29-16-26(11-10-21(29)3)37-18-27(19-37)34(5)6/h10-17,20,22,27H,18-19H2,1-9H3,(H,33,38)/t22-/m1/s1. The first-order valence-electron chi connectivity index (χ1n) is 13.9. The van der Waals surface area contributed by atoms with Gasteiger partial charge in [0.05, 0.1) is 12.1 Å². The second-order valence-electron chi connectivity index (χ2n) is 11.6. The van der Waals surface area contributed by atoms with Crippen molar-refractivity contribution in [3.63, 3.8) is 0 Å². The van der Waals surface area contributed by atoms with Gasteiger partial charge in [-0.05, 0) is 94.9 Å². The summed E-state index contributed by atoms with van der Waals surface area (Å²) < 4.78 is 7.92. The molecule has 0 bridgehead atoms. The second-order valence-corrected chi connectivity index (χ2v) is 11.6. The third-order valence-corrected chi connectivity index (χ3v) is 7.54. The predicted octanol–water partition coefficient (Wildman–Crippen LogP) is 4.73. The van der Waals surface area contributed by atoms with Crippen LogP contribution in [0.4, 0.5) is 5.69 Å². The summed E-state index contributed by atoms with van der Waals surface area (Å²) in [6.45, 7) is 9.85. The maximum absolute atomic E-state index is 13.5. The smallest absolute Gasteiger partial charge is 0.269 e. The molecule has 1 N–H and O–H groups in total. The molecular formula is C32H43N5O3. The van der Waals surface area contributed by atoms with Gasteiger partial charge in [0, 0.05) is 63.3 Å². The van der Waals surface area contributed by atoms with Crippen LogP contribution in [-0.4, -0.2) is 79.6 Å². The van der Waals surface area contributed by atoms with E-state index in [1.54, 1.807) is 19.0 Å². The van der Waals surface area contributed by atoms with Crippen LogP contribution in [0.25, 0.3) is 11.1 Å². The molecule has 0 spiro atoms. The zero-order valence-corrected chi connectivity index (χ0v) is 25.3. The van der Waals surface area contributed by atoms with Crippen LogP contribution in [0.3, 0.4) is 0 Å². The van der Waals surface area contributed by atoms with Crippen LogP contribution in [0.5, 0.6) is 5.75 Å². The lowest BCUT2D eigenvalue weighted by molar-refractivity contribution is 0.0818. The van der Waals surface area contributed by atoms with Crippen LogP contribution in [-0.2, 0) is 7.05 Å². The monoisotopic (exact) mass is 545 g/mol. The first kappa shape index (κ1) is 29.2. The van der Waals surface area contributed by atoms with E-state index >= 15 is 0 Å². The van der Waals surface area contributed by atoms with Gasteiger partial charge in [-0.25, -0.2) is 0 Å². The van der Waals surface area contributed by atoms with Crippen molar-refractivity contribution in [1.29, 1.82) is 0 Å². The molecular weight excluding hydrogens is 502 g/mol. The van der Waals surface area contributed by atoms with Gasteiger partial charge in [-0.1, -0.05) is 6.07 Å². The molecule has 0 aliphatic carbocycles. The summed E-state index contributed by atoms with van der Waals surface area (Å²) in [6, 6.07) is 14.3. The van der Waals surface area contributed by atoms with Crippen LogP contribution in [0.15, 0.2) is 48.7 Å². The number of ether oxygens (including phenoxy) is 1. The summed E-state index contributed by atoms with van der Waals surface area (Å²) in [4.78, 5) is 32.2. The summed E-state index contributed by atoms with van der Waals surface area (Å²) in [5.74, 6) is 0.559. The Bertz CT molecular complexity index is 1390. The minimum absolute atomic E-state index is 0.00589. The van der Waals surface area contributed by atoms with E-state index < -0.39 is 0 Å². The molecule has 2 aromatic carbocycles. The molecule has 2 heterocycles. The number of amides is 2. The lowest BCUT2D eigenvalue weighted by Crippen LogP contribution is -2.57. The van der Waals surface area contributed by atoms with Gasteiger partial charge in [0.25, 0.3) is 11.8 Å². The molecule has 4 rings (SSSR count). The zero-order chi connectivity index (χ0) is 29.3. The number of nitrogens with zero attached hydrogens (tertiary/aromatic N) is 4. The Morgan fingerprint density at radius 3 is 2.30 bits per heavy atom. The van der Waals surface area contributed by atoms with E-state index in [1.807, 2.05) is 75.8 Å². The number of aromatic nitrogens is 1. The fraction of sp³-hybridized carbons (Fsp3) is 0.438. The molecule has 40 heavy (non-hydrogen) atoms. The third kappa shape index (κ3) is 6.33. The van der Waals surface area contributed by atoms with Gasteiger partial charge in [-0.2, -0.15) is 0 Å². The topological polar surface area (TPSA) is 70.1 Å². The summed E-state index contributed by atoms with van der Waals surface area (Å²) in [7, 11) is 9.57. The Kier molecular flexibility index (Phi) is 8.59. The molecule has 1 fully saturated rings. The number of nitrogens with one attached hydrogen (secondary N) is 1. The maximum Gasteiger partial charge on any atom is 0.269 e. The van der Waals surface area contributed by atoms with E-state index in [1.165, 1.54) is 0 Å². The molecule has 0 radical (unpaired) electrons. The number of anilines is 1. The quantitative estimate of drug-likeness (QED) is 0.421. The van der Waals surface area contributed by atoms with Crippen LogP contribution in [0, 0.1) is 6.92 Å². The molecule has 0 unspecified atom stereocenters. The third-order valence-electron chi connectivity index (χ3n) is 7.54. The van der Waals surface area contributed by atoms with Gasteiger partial charge in [0.15, 0.2) is 0 Å². The normalized spacial score (nSPS) is 14.3. The average molecular weight is 546 g/mol. The van der Waals surface area contributed by atoms with Gasteiger partial charge in [-0.3, -0.25) is 9.59 Å². The number of carbonyl (C=O) groups is 2. The van der Waals surface area contributed by atoms with E-state index in [0.717, 1.165) is 46.8 Å². The van der Waals surface area contributed by atoms with E-state index in [9.17, 15) is 9.59 Å². The minimum Gasteiger partial charge on any atom is -0.491 e. The highest BCUT2D eigenvalue weighted by atomic mass is 16.5. The second kappa shape index (κ2) is 11.8. The van der Waals surface area contributed by atoms with Crippen molar-refractivity contribution in [2.24, 2.45) is 7.05 Å². The Morgan fingerprint density at radius 2 is 1.68 bits per heavy atom. The Balaban J connectivity index is 1.59. The summed E-state index contributed by atoms with van der Waals surface area (Å²) in [6.07, 6.45) is 1.94. The van der Waals surface area contributed by atoms with Crippen LogP contribution >= 0.6 is 0 Å².